The van der Waals surface area contributed by atoms with Crippen molar-refractivity contribution in [2.24, 2.45) is 0 Å². The van der Waals surface area contributed by atoms with Crippen LogP contribution in [0.2, 0.25) is 0 Å². The predicted molar refractivity (Wildman–Crippen MR) is 72.2 cm³/mol. The molecule has 0 atom stereocenters. The van der Waals surface area contributed by atoms with Crippen LogP contribution in [-0.2, 0) is 0 Å². The topological polar surface area (TPSA) is 63.0 Å². The maximum absolute atomic E-state index is 12.0. The zero-order valence-electron chi connectivity index (χ0n) is 9.32. The number of nitrogens with one attached hydrogen (secondary N) is 1. The van der Waals surface area contributed by atoms with Gasteiger partial charge < -0.3 is 4.98 Å². The number of hydrogen-bond donors (Lipinski definition) is 1. The molecule has 0 unspecified atom stereocenters. The van der Waals surface area contributed by atoms with Crippen molar-refractivity contribution in [3.05, 3.63) is 26.2 Å². The highest BCUT2D eigenvalue weighted by molar-refractivity contribution is 14.1. The van der Waals surface area contributed by atoms with Gasteiger partial charge in [0.25, 0.3) is 5.56 Å². The summed E-state index contributed by atoms with van der Waals surface area (Å²) < 4.78 is 2.30. The zero-order chi connectivity index (χ0) is 11.8. The Balaban J connectivity index is 2.09. The molecule has 0 spiro atoms. The Morgan fingerprint density at radius 2 is 2.12 bits per heavy atom. The van der Waals surface area contributed by atoms with Crippen molar-refractivity contribution >= 4 is 28.1 Å². The minimum absolute atomic E-state index is 0.0810. The fourth-order valence-corrected chi connectivity index (χ4v) is 3.09. The normalized spacial score (nSPS) is 17.7. The first-order chi connectivity index (χ1) is 8.25. The van der Waals surface area contributed by atoms with E-state index in [0.717, 1.165) is 18.7 Å². The molecule has 5 nitrogen and oxygen atoms in total. The van der Waals surface area contributed by atoms with E-state index in [1.807, 2.05) is 0 Å². The number of halogens is 1. The first kappa shape index (κ1) is 11.2. The number of imidazole rings is 1. The van der Waals surface area contributed by atoms with E-state index in [-0.39, 0.29) is 5.56 Å². The van der Waals surface area contributed by atoms with Gasteiger partial charge in [0.1, 0.15) is 15.9 Å². The van der Waals surface area contributed by atoms with Crippen molar-refractivity contribution in [3.8, 4) is 0 Å². The van der Waals surface area contributed by atoms with Gasteiger partial charge >= 0.3 is 0 Å². The highest BCUT2D eigenvalue weighted by atomic mass is 127. The Hall–Kier alpha value is -0.920. The largest absolute Gasteiger partial charge is 0.307 e. The zero-order valence-corrected chi connectivity index (χ0v) is 11.5. The van der Waals surface area contributed by atoms with E-state index in [0.29, 0.717) is 15.1 Å². The fourth-order valence-electron chi connectivity index (χ4n) is 2.47. The van der Waals surface area contributed by atoms with Crippen LogP contribution >= 0.6 is 22.6 Å². The molecule has 0 radical (unpaired) electrons. The number of aromatic nitrogens is 4. The first-order valence-electron chi connectivity index (χ1n) is 5.89. The van der Waals surface area contributed by atoms with Crippen LogP contribution in [-0.4, -0.2) is 19.6 Å². The molecule has 0 bridgehead atoms. The van der Waals surface area contributed by atoms with Crippen molar-refractivity contribution in [1.82, 2.24) is 19.6 Å². The van der Waals surface area contributed by atoms with Gasteiger partial charge in [-0.05, 0) is 35.4 Å². The third kappa shape index (κ3) is 1.98. The summed E-state index contributed by atoms with van der Waals surface area (Å²) in [5.41, 5.74) is 0.465. The third-order valence-electron chi connectivity index (χ3n) is 3.37. The first-order valence-corrected chi connectivity index (χ1v) is 6.96. The summed E-state index contributed by atoms with van der Waals surface area (Å²) in [5, 5.41) is 4.47. The Morgan fingerprint density at radius 1 is 1.35 bits per heavy atom. The van der Waals surface area contributed by atoms with Crippen molar-refractivity contribution in [2.75, 3.05) is 0 Å². The molecule has 0 amide bonds. The van der Waals surface area contributed by atoms with E-state index in [1.165, 1.54) is 19.3 Å². The summed E-state index contributed by atoms with van der Waals surface area (Å²) in [6, 6.07) is 0. The lowest BCUT2D eigenvalue weighted by atomic mass is 9.89. The quantitative estimate of drug-likeness (QED) is 0.806. The van der Waals surface area contributed by atoms with Crippen LogP contribution in [0.4, 0.5) is 0 Å². The Kier molecular flexibility index (Phi) is 2.89. The minimum Gasteiger partial charge on any atom is -0.307 e. The number of rotatable bonds is 1. The summed E-state index contributed by atoms with van der Waals surface area (Å²) in [7, 11) is 0. The Labute approximate surface area is 112 Å². The smallest absolute Gasteiger partial charge is 0.278 e. The molecule has 90 valence electrons. The number of hydrogen-bond acceptors (Lipinski definition) is 3. The van der Waals surface area contributed by atoms with E-state index in [9.17, 15) is 4.79 Å². The van der Waals surface area contributed by atoms with Crippen molar-refractivity contribution < 1.29 is 0 Å². The second-order valence-electron chi connectivity index (χ2n) is 4.50. The highest BCUT2D eigenvalue weighted by Crippen LogP contribution is 2.29. The lowest BCUT2D eigenvalue weighted by Gasteiger charge is -2.20. The van der Waals surface area contributed by atoms with Crippen molar-refractivity contribution in [2.45, 2.75) is 38.0 Å². The van der Waals surface area contributed by atoms with Gasteiger partial charge in [0, 0.05) is 5.92 Å². The Morgan fingerprint density at radius 3 is 2.88 bits per heavy atom. The molecule has 1 saturated carbocycles. The van der Waals surface area contributed by atoms with Gasteiger partial charge in [-0.15, -0.1) is 0 Å². The molecule has 1 aliphatic rings. The molecule has 2 aromatic heterocycles. The van der Waals surface area contributed by atoms with Crippen molar-refractivity contribution in [1.29, 1.82) is 0 Å². The van der Waals surface area contributed by atoms with Crippen LogP contribution in [0.3, 0.4) is 0 Å². The molecule has 3 rings (SSSR count). The van der Waals surface area contributed by atoms with E-state index >= 15 is 0 Å². The van der Waals surface area contributed by atoms with Crippen LogP contribution in [0.15, 0.2) is 11.1 Å². The molecule has 0 aliphatic heterocycles. The standard InChI is InChI=1S/C11H13IN4O/c12-9-8-11(17)14-10(15-16(8)6-13-9)7-4-2-1-3-5-7/h6-7H,1-5H2,(H,14,15,17). The molecule has 2 heterocycles. The van der Waals surface area contributed by atoms with Crippen molar-refractivity contribution in [3.63, 3.8) is 0 Å². The molecule has 1 fully saturated rings. The maximum atomic E-state index is 12.0. The van der Waals surface area contributed by atoms with Crippen LogP contribution < -0.4 is 5.56 Å². The van der Waals surface area contributed by atoms with Crippen LogP contribution in [0, 0.1) is 3.70 Å². The number of aromatic amines is 1. The second kappa shape index (κ2) is 4.40. The minimum atomic E-state index is -0.0810. The summed E-state index contributed by atoms with van der Waals surface area (Å²) in [5.74, 6) is 1.22. The molecular weight excluding hydrogens is 331 g/mol. The third-order valence-corrected chi connectivity index (χ3v) is 4.16. The monoisotopic (exact) mass is 344 g/mol. The van der Waals surface area contributed by atoms with Crippen LogP contribution in [0.25, 0.3) is 5.52 Å². The van der Waals surface area contributed by atoms with E-state index in [4.69, 9.17) is 0 Å². The number of fused-ring (bicyclic) bond motifs is 1. The molecular formula is C11H13IN4O. The molecule has 1 aliphatic carbocycles. The average molecular weight is 344 g/mol. The predicted octanol–water partition coefficient (Wildman–Crippen LogP) is 2.07. The highest BCUT2D eigenvalue weighted by Gasteiger charge is 2.19. The van der Waals surface area contributed by atoms with Gasteiger partial charge in [0.2, 0.25) is 0 Å². The van der Waals surface area contributed by atoms with Gasteiger partial charge in [0.05, 0.1) is 0 Å². The average Bonchev–Trinajstić information content (AvgIpc) is 2.73. The van der Waals surface area contributed by atoms with Crippen LogP contribution in [0.1, 0.15) is 43.8 Å². The van der Waals surface area contributed by atoms with E-state index in [2.05, 4.69) is 37.7 Å². The van der Waals surface area contributed by atoms with Gasteiger partial charge in [-0.3, -0.25) is 4.79 Å². The SMILES string of the molecule is O=c1[nH]c(C2CCCCC2)nn2cnc(I)c12. The van der Waals surface area contributed by atoms with Gasteiger partial charge in [-0.25, -0.2) is 9.50 Å². The summed E-state index contributed by atoms with van der Waals surface area (Å²) >= 11 is 2.05. The molecule has 17 heavy (non-hydrogen) atoms. The van der Waals surface area contributed by atoms with Crippen LogP contribution in [0.5, 0.6) is 0 Å². The lowest BCUT2D eigenvalue weighted by Crippen LogP contribution is -2.19. The molecule has 0 aromatic carbocycles. The lowest BCUT2D eigenvalue weighted by molar-refractivity contribution is 0.423. The fraction of sp³-hybridized carbons (Fsp3) is 0.545. The van der Waals surface area contributed by atoms with E-state index in [1.54, 1.807) is 10.8 Å². The van der Waals surface area contributed by atoms with Gasteiger partial charge in [-0.1, -0.05) is 19.3 Å². The maximum Gasteiger partial charge on any atom is 0.278 e. The Bertz CT molecular complexity index is 597. The van der Waals surface area contributed by atoms with Gasteiger partial charge in [-0.2, -0.15) is 5.10 Å². The molecule has 2 aromatic rings. The molecule has 0 saturated heterocycles. The molecule has 1 N–H and O–H groups in total. The van der Waals surface area contributed by atoms with E-state index < -0.39 is 0 Å². The number of nitrogens with zero attached hydrogens (tertiary/aromatic N) is 3. The summed E-state index contributed by atoms with van der Waals surface area (Å²) in [6.45, 7) is 0. The van der Waals surface area contributed by atoms with Gasteiger partial charge in [0.15, 0.2) is 5.52 Å². The summed E-state index contributed by atoms with van der Waals surface area (Å²) in [4.78, 5) is 19.0. The number of H-pyrrole nitrogens is 1. The second-order valence-corrected chi connectivity index (χ2v) is 5.52. The summed E-state index contributed by atoms with van der Waals surface area (Å²) in [6.07, 6.45) is 7.62. The molecule has 6 heteroatoms.